The molecule has 0 aromatic heterocycles. The second kappa shape index (κ2) is 8.77. The number of anilines is 1. The molecule has 0 saturated carbocycles. The number of likely N-dealkylation sites (tertiary alicyclic amines) is 1. The van der Waals surface area contributed by atoms with E-state index in [9.17, 15) is 4.79 Å². The number of benzene rings is 2. The van der Waals surface area contributed by atoms with E-state index in [1.165, 1.54) is 0 Å². The van der Waals surface area contributed by atoms with Crippen molar-refractivity contribution in [2.75, 3.05) is 26.1 Å². The number of carbonyl (C=O) groups is 1. The molecule has 6 heteroatoms. The zero-order valence-electron chi connectivity index (χ0n) is 16.4. The van der Waals surface area contributed by atoms with E-state index in [4.69, 9.17) is 14.7 Å². The first-order valence-corrected chi connectivity index (χ1v) is 9.36. The summed E-state index contributed by atoms with van der Waals surface area (Å²) in [4.78, 5) is 15.1. The summed E-state index contributed by atoms with van der Waals surface area (Å²) in [6, 6.07) is 14.6. The molecule has 2 aromatic carbocycles. The van der Waals surface area contributed by atoms with Gasteiger partial charge in [0.1, 0.15) is 11.5 Å². The van der Waals surface area contributed by atoms with Gasteiger partial charge in [-0.15, -0.1) is 0 Å². The molecule has 1 N–H and O–H groups in total. The minimum Gasteiger partial charge on any atom is -0.497 e. The third-order valence-corrected chi connectivity index (χ3v) is 5.23. The van der Waals surface area contributed by atoms with Gasteiger partial charge in [0.05, 0.1) is 31.9 Å². The van der Waals surface area contributed by atoms with Crippen LogP contribution in [0.2, 0.25) is 0 Å². The third kappa shape index (κ3) is 4.10. The number of nitriles is 1. The minimum atomic E-state index is -0.325. The molecule has 1 aliphatic heterocycles. The highest BCUT2D eigenvalue weighted by Crippen LogP contribution is 2.40. The molecule has 146 valence electrons. The highest BCUT2D eigenvalue weighted by Gasteiger charge is 2.34. The third-order valence-electron chi connectivity index (χ3n) is 5.23. The second-order valence-electron chi connectivity index (χ2n) is 6.86. The fourth-order valence-corrected chi connectivity index (χ4v) is 3.75. The average Bonchev–Trinajstić information content (AvgIpc) is 3.22. The molecule has 1 heterocycles. The lowest BCUT2D eigenvalue weighted by molar-refractivity contribution is -0.121. The zero-order chi connectivity index (χ0) is 20.1. The Balaban J connectivity index is 1.80. The lowest BCUT2D eigenvalue weighted by atomic mass is 10.0. The highest BCUT2D eigenvalue weighted by atomic mass is 16.5. The van der Waals surface area contributed by atoms with Crippen LogP contribution in [-0.4, -0.2) is 37.6 Å². The predicted molar refractivity (Wildman–Crippen MR) is 107 cm³/mol. The van der Waals surface area contributed by atoms with Crippen molar-refractivity contribution < 1.29 is 14.3 Å². The van der Waals surface area contributed by atoms with Crippen LogP contribution in [0.1, 0.15) is 36.9 Å². The Morgan fingerprint density at radius 2 is 2.07 bits per heavy atom. The maximum absolute atomic E-state index is 12.9. The number of rotatable bonds is 6. The molecule has 1 saturated heterocycles. The Morgan fingerprint density at radius 3 is 2.79 bits per heavy atom. The van der Waals surface area contributed by atoms with E-state index in [-0.39, 0.29) is 18.0 Å². The van der Waals surface area contributed by atoms with E-state index < -0.39 is 0 Å². The Labute approximate surface area is 165 Å². The highest BCUT2D eigenvalue weighted by molar-refractivity contribution is 5.94. The predicted octanol–water partition coefficient (Wildman–Crippen LogP) is 3.74. The average molecular weight is 379 g/mol. The van der Waals surface area contributed by atoms with Crippen molar-refractivity contribution in [1.82, 2.24) is 4.90 Å². The number of nitrogens with one attached hydrogen (secondary N) is 1. The maximum atomic E-state index is 12.9. The number of ether oxygens (including phenoxy) is 2. The molecule has 28 heavy (non-hydrogen) atoms. The summed E-state index contributed by atoms with van der Waals surface area (Å²) in [6.45, 7) is 2.74. The van der Waals surface area contributed by atoms with Crippen molar-refractivity contribution in [3.8, 4) is 17.6 Å². The van der Waals surface area contributed by atoms with Crippen molar-refractivity contribution in [3.05, 3.63) is 53.6 Å². The normalized spacial score (nSPS) is 17.6. The van der Waals surface area contributed by atoms with Crippen molar-refractivity contribution in [2.45, 2.75) is 31.8 Å². The van der Waals surface area contributed by atoms with Crippen LogP contribution >= 0.6 is 0 Å². The maximum Gasteiger partial charge on any atom is 0.241 e. The van der Waals surface area contributed by atoms with Crippen LogP contribution < -0.4 is 14.8 Å². The second-order valence-corrected chi connectivity index (χ2v) is 6.86. The van der Waals surface area contributed by atoms with Gasteiger partial charge >= 0.3 is 0 Å². The molecule has 3 rings (SSSR count). The first kappa shape index (κ1) is 19.7. The topological polar surface area (TPSA) is 74.6 Å². The molecule has 1 fully saturated rings. The zero-order valence-corrected chi connectivity index (χ0v) is 16.4. The molecule has 0 bridgehead atoms. The van der Waals surface area contributed by atoms with Crippen LogP contribution in [0.4, 0.5) is 5.69 Å². The molecule has 1 amide bonds. The fraction of sp³-hybridized carbons (Fsp3) is 0.364. The molecule has 0 radical (unpaired) electrons. The summed E-state index contributed by atoms with van der Waals surface area (Å²) >= 11 is 0. The molecule has 0 aliphatic carbocycles. The lowest BCUT2D eigenvalue weighted by Crippen LogP contribution is -2.41. The molecule has 0 unspecified atom stereocenters. The minimum absolute atomic E-state index is 0.0799. The van der Waals surface area contributed by atoms with Gasteiger partial charge in [0, 0.05) is 17.3 Å². The summed E-state index contributed by atoms with van der Waals surface area (Å²) in [6.07, 6.45) is 1.96. The summed E-state index contributed by atoms with van der Waals surface area (Å²) in [7, 11) is 3.30. The van der Waals surface area contributed by atoms with Crippen molar-refractivity contribution in [3.63, 3.8) is 0 Å². The van der Waals surface area contributed by atoms with Gasteiger partial charge < -0.3 is 14.8 Å². The Kier molecular flexibility index (Phi) is 6.17. The number of methoxy groups -OCH3 is 2. The van der Waals surface area contributed by atoms with Gasteiger partial charge in [-0.1, -0.05) is 6.07 Å². The number of hydrogen-bond acceptors (Lipinski definition) is 5. The fourth-order valence-electron chi connectivity index (χ4n) is 3.75. The molecule has 0 spiro atoms. The summed E-state index contributed by atoms with van der Waals surface area (Å²) in [5, 5.41) is 12.0. The van der Waals surface area contributed by atoms with Crippen LogP contribution in [-0.2, 0) is 4.79 Å². The number of nitrogens with zero attached hydrogens (tertiary/aromatic N) is 2. The first-order valence-electron chi connectivity index (χ1n) is 9.36. The Hall–Kier alpha value is -3.04. The SMILES string of the molecule is COc1ccc(OC)c([C@H]2CCCN2[C@H](C)C(=O)Nc2cccc(C#N)c2)c1. The summed E-state index contributed by atoms with van der Waals surface area (Å²) in [5.74, 6) is 1.48. The van der Waals surface area contributed by atoms with Gasteiger partial charge in [0.25, 0.3) is 0 Å². The molecule has 1 aliphatic rings. The van der Waals surface area contributed by atoms with E-state index in [2.05, 4.69) is 16.3 Å². The number of hydrogen-bond donors (Lipinski definition) is 1. The van der Waals surface area contributed by atoms with E-state index in [0.717, 1.165) is 36.4 Å². The standard InChI is InChI=1S/C22H25N3O3/c1-15(22(26)24-17-7-4-6-16(12-17)14-23)25-11-5-8-20(25)19-13-18(27-2)9-10-21(19)28-3/h4,6-7,9-10,12-13,15,20H,5,8,11H2,1-3H3,(H,24,26)/t15-,20-/m1/s1. The molecule has 6 nitrogen and oxygen atoms in total. The van der Waals surface area contributed by atoms with E-state index >= 15 is 0 Å². The van der Waals surface area contributed by atoms with Crippen LogP contribution in [0.25, 0.3) is 0 Å². The van der Waals surface area contributed by atoms with Crippen LogP contribution in [0.5, 0.6) is 11.5 Å². The van der Waals surface area contributed by atoms with Gasteiger partial charge in [-0.3, -0.25) is 9.69 Å². The van der Waals surface area contributed by atoms with Crippen LogP contribution in [0.15, 0.2) is 42.5 Å². The van der Waals surface area contributed by atoms with E-state index in [0.29, 0.717) is 11.3 Å². The van der Waals surface area contributed by atoms with Crippen molar-refractivity contribution in [1.29, 1.82) is 5.26 Å². The number of carbonyl (C=O) groups excluding carboxylic acids is 1. The largest absolute Gasteiger partial charge is 0.497 e. The Morgan fingerprint density at radius 1 is 1.25 bits per heavy atom. The van der Waals surface area contributed by atoms with Gasteiger partial charge in [-0.25, -0.2) is 0 Å². The quantitative estimate of drug-likeness (QED) is 0.828. The number of amides is 1. The molecule has 2 aromatic rings. The van der Waals surface area contributed by atoms with Gasteiger partial charge in [-0.05, 0) is 62.7 Å². The van der Waals surface area contributed by atoms with Gasteiger partial charge in [0.2, 0.25) is 5.91 Å². The van der Waals surface area contributed by atoms with Gasteiger partial charge in [-0.2, -0.15) is 5.26 Å². The van der Waals surface area contributed by atoms with Crippen LogP contribution in [0, 0.1) is 11.3 Å². The van der Waals surface area contributed by atoms with Crippen LogP contribution in [0.3, 0.4) is 0 Å². The Bertz CT molecular complexity index is 891. The molecule has 2 atom stereocenters. The summed E-state index contributed by atoms with van der Waals surface area (Å²) < 4.78 is 10.9. The van der Waals surface area contributed by atoms with Crippen molar-refractivity contribution in [2.24, 2.45) is 0 Å². The van der Waals surface area contributed by atoms with Gasteiger partial charge in [0.15, 0.2) is 0 Å². The monoisotopic (exact) mass is 379 g/mol. The first-order chi connectivity index (χ1) is 13.6. The smallest absolute Gasteiger partial charge is 0.241 e. The molecular formula is C22H25N3O3. The summed E-state index contributed by atoms with van der Waals surface area (Å²) in [5.41, 5.74) is 2.18. The lowest BCUT2D eigenvalue weighted by Gasteiger charge is -2.31. The van der Waals surface area contributed by atoms with Crippen molar-refractivity contribution >= 4 is 11.6 Å². The van der Waals surface area contributed by atoms with E-state index in [1.807, 2.05) is 25.1 Å². The van der Waals surface area contributed by atoms with E-state index in [1.54, 1.807) is 38.5 Å². The molecular weight excluding hydrogens is 354 g/mol.